The van der Waals surface area contributed by atoms with Crippen molar-refractivity contribution in [2.24, 2.45) is 7.05 Å². The molecule has 1 aromatic carbocycles. The molecule has 0 radical (unpaired) electrons. The van der Waals surface area contributed by atoms with Crippen LogP contribution in [0.15, 0.2) is 28.8 Å². The van der Waals surface area contributed by atoms with Crippen molar-refractivity contribution in [3.8, 4) is 28.1 Å². The van der Waals surface area contributed by atoms with Crippen LogP contribution in [0, 0.1) is 25.7 Å². The fourth-order valence-electron chi connectivity index (χ4n) is 2.58. The Kier molecular flexibility index (Phi) is 3.24. The molecule has 1 N–H and O–H groups in total. The van der Waals surface area contributed by atoms with Crippen molar-refractivity contribution in [1.82, 2.24) is 9.78 Å². The van der Waals surface area contributed by atoms with Crippen molar-refractivity contribution in [1.29, 1.82) is 0 Å². The van der Waals surface area contributed by atoms with Gasteiger partial charge in [0, 0.05) is 41.6 Å². The molecule has 2 heterocycles. The topological polar surface area (TPSA) is 51.2 Å². The van der Waals surface area contributed by atoms with E-state index in [1.54, 1.807) is 27.1 Å². The highest BCUT2D eigenvalue weighted by Crippen LogP contribution is 2.38. The standard InChI is InChI=1S/C16H14F2N2O2/c1-8-14(9(2)22-16(8)18)12-7-20(3)19-15(12)11-5-4-10(21)6-13(11)17/h4-7,21H,1-3H3. The molecule has 4 nitrogen and oxygen atoms in total. The first-order valence-electron chi connectivity index (χ1n) is 6.67. The van der Waals surface area contributed by atoms with Gasteiger partial charge in [-0.3, -0.25) is 4.68 Å². The molecule has 0 unspecified atom stereocenters. The highest BCUT2D eigenvalue weighted by atomic mass is 19.1. The smallest absolute Gasteiger partial charge is 0.281 e. The van der Waals surface area contributed by atoms with E-state index in [1.807, 2.05) is 0 Å². The van der Waals surface area contributed by atoms with E-state index in [9.17, 15) is 13.9 Å². The predicted molar refractivity (Wildman–Crippen MR) is 77.4 cm³/mol. The minimum atomic E-state index is -0.659. The van der Waals surface area contributed by atoms with E-state index in [0.717, 1.165) is 6.07 Å². The Morgan fingerprint density at radius 1 is 1.18 bits per heavy atom. The first kappa shape index (κ1) is 14.3. The lowest BCUT2D eigenvalue weighted by Gasteiger charge is -2.04. The summed E-state index contributed by atoms with van der Waals surface area (Å²) in [5, 5.41) is 13.6. The van der Waals surface area contributed by atoms with Gasteiger partial charge in [-0.15, -0.1) is 0 Å². The molecule has 22 heavy (non-hydrogen) atoms. The number of aryl methyl sites for hydroxylation is 2. The molecule has 3 aromatic rings. The predicted octanol–water partition coefficient (Wildman–Crippen LogP) is 3.95. The third-order valence-corrected chi connectivity index (χ3v) is 3.57. The summed E-state index contributed by atoms with van der Waals surface area (Å²) >= 11 is 0. The molecule has 0 saturated heterocycles. The van der Waals surface area contributed by atoms with Gasteiger partial charge in [-0.2, -0.15) is 9.49 Å². The Hall–Kier alpha value is -2.63. The Morgan fingerprint density at radius 3 is 2.50 bits per heavy atom. The molecule has 3 rings (SSSR count). The van der Waals surface area contributed by atoms with Crippen LogP contribution in [0.5, 0.6) is 5.75 Å². The molecule has 0 aliphatic rings. The summed E-state index contributed by atoms with van der Waals surface area (Å²) in [6.45, 7) is 3.25. The number of hydrogen-bond acceptors (Lipinski definition) is 3. The maximum Gasteiger partial charge on any atom is 0.281 e. The lowest BCUT2D eigenvalue weighted by atomic mass is 9.99. The first-order chi connectivity index (χ1) is 10.4. The van der Waals surface area contributed by atoms with Gasteiger partial charge in [0.1, 0.15) is 23.0 Å². The minimum absolute atomic E-state index is 0.166. The van der Waals surface area contributed by atoms with Crippen molar-refractivity contribution >= 4 is 0 Å². The molecule has 2 aromatic heterocycles. The molecular weight excluding hydrogens is 290 g/mol. The first-order valence-corrected chi connectivity index (χ1v) is 6.67. The zero-order chi connectivity index (χ0) is 16.0. The van der Waals surface area contributed by atoms with Crippen LogP contribution in [0.2, 0.25) is 0 Å². The van der Waals surface area contributed by atoms with E-state index < -0.39 is 11.8 Å². The zero-order valence-electron chi connectivity index (χ0n) is 12.3. The molecule has 0 atom stereocenters. The minimum Gasteiger partial charge on any atom is -0.508 e. The van der Waals surface area contributed by atoms with Crippen LogP contribution in [0.1, 0.15) is 11.3 Å². The molecule has 0 fully saturated rings. The van der Waals surface area contributed by atoms with E-state index in [-0.39, 0.29) is 11.3 Å². The molecule has 0 aliphatic heterocycles. The second kappa shape index (κ2) is 4.98. The normalized spacial score (nSPS) is 11.1. The van der Waals surface area contributed by atoms with Gasteiger partial charge in [-0.1, -0.05) is 0 Å². The molecule has 0 bridgehead atoms. The van der Waals surface area contributed by atoms with Crippen molar-refractivity contribution < 1.29 is 18.3 Å². The highest BCUT2D eigenvalue weighted by Gasteiger charge is 2.23. The summed E-state index contributed by atoms with van der Waals surface area (Å²) in [5.41, 5.74) is 2.09. The molecule has 6 heteroatoms. The third kappa shape index (κ3) is 2.16. The number of aromatic nitrogens is 2. The number of phenolic OH excluding ortho intramolecular Hbond substituents is 1. The Bertz CT molecular complexity index is 865. The summed E-state index contributed by atoms with van der Waals surface area (Å²) < 4.78 is 34.3. The number of hydrogen-bond donors (Lipinski definition) is 1. The van der Waals surface area contributed by atoms with Gasteiger partial charge in [0.05, 0.1) is 0 Å². The van der Waals surface area contributed by atoms with Crippen molar-refractivity contribution in [3.63, 3.8) is 0 Å². The lowest BCUT2D eigenvalue weighted by Crippen LogP contribution is -1.90. The molecular formula is C16H14F2N2O2. The van der Waals surface area contributed by atoms with Gasteiger partial charge >= 0.3 is 0 Å². The lowest BCUT2D eigenvalue weighted by molar-refractivity contribution is 0.342. The van der Waals surface area contributed by atoms with E-state index in [1.165, 1.54) is 16.8 Å². The van der Waals surface area contributed by atoms with E-state index >= 15 is 0 Å². The van der Waals surface area contributed by atoms with Crippen LogP contribution in [0.4, 0.5) is 8.78 Å². The SMILES string of the molecule is Cc1oc(F)c(C)c1-c1cn(C)nc1-c1ccc(O)cc1F. The average Bonchev–Trinajstić information content (AvgIpc) is 2.90. The number of benzene rings is 1. The molecule has 0 amide bonds. The highest BCUT2D eigenvalue weighted by molar-refractivity contribution is 5.83. The Morgan fingerprint density at radius 2 is 1.91 bits per heavy atom. The Labute approximate surface area is 125 Å². The number of rotatable bonds is 2. The fourth-order valence-corrected chi connectivity index (χ4v) is 2.58. The van der Waals surface area contributed by atoms with Gasteiger partial charge in [0.15, 0.2) is 0 Å². The molecule has 0 aliphatic carbocycles. The molecule has 0 spiro atoms. The molecule has 114 valence electrons. The number of nitrogens with zero attached hydrogens (tertiary/aromatic N) is 2. The third-order valence-electron chi connectivity index (χ3n) is 3.57. The largest absolute Gasteiger partial charge is 0.508 e. The van der Waals surface area contributed by atoms with E-state index in [2.05, 4.69) is 5.10 Å². The van der Waals surface area contributed by atoms with Crippen LogP contribution < -0.4 is 0 Å². The average molecular weight is 304 g/mol. The fraction of sp³-hybridized carbons (Fsp3) is 0.188. The Balaban J connectivity index is 2.27. The van der Waals surface area contributed by atoms with E-state index in [4.69, 9.17) is 4.42 Å². The second-order valence-corrected chi connectivity index (χ2v) is 5.16. The summed E-state index contributed by atoms with van der Waals surface area (Å²) in [6.07, 6.45) is 1.69. The molecule has 0 saturated carbocycles. The van der Waals surface area contributed by atoms with Crippen molar-refractivity contribution in [2.75, 3.05) is 0 Å². The monoisotopic (exact) mass is 304 g/mol. The van der Waals surface area contributed by atoms with Crippen LogP contribution in [0.25, 0.3) is 22.4 Å². The van der Waals surface area contributed by atoms with E-state index in [0.29, 0.717) is 28.1 Å². The van der Waals surface area contributed by atoms with Gasteiger partial charge in [0.25, 0.3) is 6.01 Å². The van der Waals surface area contributed by atoms with Crippen LogP contribution in [-0.2, 0) is 7.05 Å². The van der Waals surface area contributed by atoms with Crippen LogP contribution >= 0.6 is 0 Å². The van der Waals surface area contributed by atoms with Gasteiger partial charge < -0.3 is 9.52 Å². The van der Waals surface area contributed by atoms with Crippen LogP contribution in [0.3, 0.4) is 0 Å². The summed E-state index contributed by atoms with van der Waals surface area (Å²) in [7, 11) is 1.70. The van der Waals surface area contributed by atoms with Crippen molar-refractivity contribution in [3.05, 3.63) is 47.6 Å². The van der Waals surface area contributed by atoms with Gasteiger partial charge in [-0.05, 0) is 26.0 Å². The number of phenols is 1. The summed E-state index contributed by atoms with van der Waals surface area (Å²) in [5.74, 6) is -0.358. The number of furan rings is 1. The second-order valence-electron chi connectivity index (χ2n) is 5.16. The van der Waals surface area contributed by atoms with Gasteiger partial charge in [0.2, 0.25) is 0 Å². The maximum atomic E-state index is 14.1. The number of aromatic hydroxyl groups is 1. The number of halogens is 2. The van der Waals surface area contributed by atoms with Gasteiger partial charge in [-0.25, -0.2) is 4.39 Å². The maximum absolute atomic E-state index is 14.1. The zero-order valence-corrected chi connectivity index (χ0v) is 12.3. The van der Waals surface area contributed by atoms with Crippen LogP contribution in [-0.4, -0.2) is 14.9 Å². The summed E-state index contributed by atoms with van der Waals surface area (Å²) in [4.78, 5) is 0. The summed E-state index contributed by atoms with van der Waals surface area (Å²) in [6, 6.07) is 3.18. The van der Waals surface area contributed by atoms with Crippen molar-refractivity contribution in [2.45, 2.75) is 13.8 Å². The quantitative estimate of drug-likeness (QED) is 0.780.